The SMILES string of the molecule is C=CCNC(N)=NC[C@H](c1ccccc1OC)N1CCCC1. The Labute approximate surface area is 132 Å². The molecular weight excluding hydrogens is 276 g/mol. The number of hydrogen-bond donors (Lipinski definition) is 2. The van der Waals surface area contributed by atoms with E-state index in [0.717, 1.165) is 18.8 Å². The van der Waals surface area contributed by atoms with Crippen molar-refractivity contribution in [2.24, 2.45) is 10.7 Å². The van der Waals surface area contributed by atoms with E-state index in [0.29, 0.717) is 19.0 Å². The van der Waals surface area contributed by atoms with Crippen LogP contribution in [0.5, 0.6) is 5.75 Å². The minimum atomic E-state index is 0.197. The van der Waals surface area contributed by atoms with Gasteiger partial charge < -0.3 is 15.8 Å². The van der Waals surface area contributed by atoms with Crippen LogP contribution in [0.2, 0.25) is 0 Å². The molecule has 5 heteroatoms. The number of rotatable bonds is 7. The van der Waals surface area contributed by atoms with Crippen LogP contribution in [0.4, 0.5) is 0 Å². The third kappa shape index (κ3) is 4.24. The Kier molecular flexibility index (Phi) is 6.27. The molecule has 1 saturated heterocycles. The number of benzene rings is 1. The smallest absolute Gasteiger partial charge is 0.188 e. The van der Waals surface area contributed by atoms with Gasteiger partial charge in [-0.1, -0.05) is 24.3 Å². The van der Waals surface area contributed by atoms with Gasteiger partial charge in [-0.25, -0.2) is 0 Å². The van der Waals surface area contributed by atoms with Gasteiger partial charge in [0, 0.05) is 12.1 Å². The van der Waals surface area contributed by atoms with E-state index >= 15 is 0 Å². The lowest BCUT2D eigenvalue weighted by Crippen LogP contribution is -2.34. The molecule has 0 radical (unpaired) electrons. The van der Waals surface area contributed by atoms with Crippen LogP contribution < -0.4 is 15.8 Å². The van der Waals surface area contributed by atoms with Crippen molar-refractivity contribution in [2.45, 2.75) is 18.9 Å². The normalized spacial score (nSPS) is 17.2. The minimum absolute atomic E-state index is 0.197. The Morgan fingerprint density at radius 1 is 1.45 bits per heavy atom. The Balaban J connectivity index is 2.17. The van der Waals surface area contributed by atoms with Gasteiger partial charge in [-0.15, -0.1) is 6.58 Å². The third-order valence-electron chi connectivity index (χ3n) is 3.94. The Morgan fingerprint density at radius 3 is 2.86 bits per heavy atom. The molecule has 1 aliphatic rings. The Bertz CT molecular complexity index is 509. The van der Waals surface area contributed by atoms with Crippen molar-refractivity contribution in [3.05, 3.63) is 42.5 Å². The number of ether oxygens (including phenoxy) is 1. The van der Waals surface area contributed by atoms with Gasteiger partial charge >= 0.3 is 0 Å². The average Bonchev–Trinajstić information content (AvgIpc) is 3.07. The summed E-state index contributed by atoms with van der Waals surface area (Å²) in [6, 6.07) is 8.35. The fourth-order valence-corrected chi connectivity index (χ4v) is 2.82. The number of likely N-dealkylation sites (tertiary alicyclic amines) is 1. The number of nitrogens with zero attached hydrogens (tertiary/aromatic N) is 2. The summed E-state index contributed by atoms with van der Waals surface area (Å²) in [7, 11) is 1.71. The van der Waals surface area contributed by atoms with Crippen molar-refractivity contribution < 1.29 is 4.74 Å². The van der Waals surface area contributed by atoms with Crippen molar-refractivity contribution >= 4 is 5.96 Å². The molecule has 0 spiro atoms. The van der Waals surface area contributed by atoms with E-state index in [4.69, 9.17) is 10.5 Å². The van der Waals surface area contributed by atoms with Crippen molar-refractivity contribution in [2.75, 3.05) is 33.3 Å². The number of para-hydroxylation sites is 1. The molecule has 120 valence electrons. The fourth-order valence-electron chi connectivity index (χ4n) is 2.82. The highest BCUT2D eigenvalue weighted by Gasteiger charge is 2.25. The molecule has 1 atom stereocenters. The summed E-state index contributed by atoms with van der Waals surface area (Å²) in [4.78, 5) is 6.96. The summed E-state index contributed by atoms with van der Waals surface area (Å²) in [5.41, 5.74) is 7.07. The van der Waals surface area contributed by atoms with Crippen molar-refractivity contribution in [1.29, 1.82) is 0 Å². The molecule has 1 aromatic carbocycles. The predicted molar refractivity (Wildman–Crippen MR) is 91.2 cm³/mol. The lowest BCUT2D eigenvalue weighted by atomic mass is 10.0. The summed E-state index contributed by atoms with van der Waals surface area (Å²) in [6.45, 7) is 7.10. The summed E-state index contributed by atoms with van der Waals surface area (Å²) in [5, 5.41) is 3.02. The lowest BCUT2D eigenvalue weighted by molar-refractivity contribution is 0.245. The molecule has 22 heavy (non-hydrogen) atoms. The van der Waals surface area contributed by atoms with Gasteiger partial charge in [0.05, 0.1) is 19.7 Å². The lowest BCUT2D eigenvalue weighted by Gasteiger charge is -2.28. The highest BCUT2D eigenvalue weighted by atomic mass is 16.5. The minimum Gasteiger partial charge on any atom is -0.496 e. The number of hydrogen-bond acceptors (Lipinski definition) is 3. The molecule has 0 unspecified atom stereocenters. The molecule has 0 amide bonds. The first-order valence-electron chi connectivity index (χ1n) is 7.78. The van der Waals surface area contributed by atoms with Crippen molar-refractivity contribution in [3.63, 3.8) is 0 Å². The van der Waals surface area contributed by atoms with Crippen molar-refractivity contribution in [3.8, 4) is 5.75 Å². The second kappa shape index (κ2) is 8.44. The van der Waals surface area contributed by atoms with Crippen LogP contribution in [-0.4, -0.2) is 44.1 Å². The first-order valence-corrected chi connectivity index (χ1v) is 7.78. The van der Waals surface area contributed by atoms with Gasteiger partial charge in [0.1, 0.15) is 5.75 Å². The predicted octanol–water partition coefficient (Wildman–Crippen LogP) is 1.92. The Morgan fingerprint density at radius 2 is 2.18 bits per heavy atom. The topological polar surface area (TPSA) is 62.9 Å². The molecule has 3 N–H and O–H groups in total. The maximum absolute atomic E-state index is 5.90. The number of guanidine groups is 1. The van der Waals surface area contributed by atoms with Crippen LogP contribution in [0.3, 0.4) is 0 Å². The van der Waals surface area contributed by atoms with E-state index in [1.807, 2.05) is 18.2 Å². The first kappa shape index (κ1) is 16.4. The van der Waals surface area contributed by atoms with E-state index in [2.05, 4.69) is 27.9 Å². The third-order valence-corrected chi connectivity index (χ3v) is 3.94. The van der Waals surface area contributed by atoms with E-state index in [9.17, 15) is 0 Å². The van der Waals surface area contributed by atoms with Crippen LogP contribution in [0.25, 0.3) is 0 Å². The van der Waals surface area contributed by atoms with E-state index < -0.39 is 0 Å². The molecule has 5 nitrogen and oxygen atoms in total. The van der Waals surface area contributed by atoms with Gasteiger partial charge in [0.25, 0.3) is 0 Å². The molecule has 0 saturated carbocycles. The molecule has 1 fully saturated rings. The highest BCUT2D eigenvalue weighted by molar-refractivity contribution is 5.77. The van der Waals surface area contributed by atoms with Crippen LogP contribution in [0.15, 0.2) is 41.9 Å². The van der Waals surface area contributed by atoms with Crippen LogP contribution in [0, 0.1) is 0 Å². The Hall–Kier alpha value is -2.01. The summed E-state index contributed by atoms with van der Waals surface area (Å²) in [6.07, 6.45) is 4.24. The van der Waals surface area contributed by atoms with Gasteiger partial charge in [-0.2, -0.15) is 0 Å². The standard InChI is InChI=1S/C17H26N4O/c1-3-10-19-17(18)20-13-15(21-11-6-7-12-21)14-8-4-5-9-16(14)22-2/h3-5,8-9,15H,1,6-7,10-13H2,2H3,(H3,18,19,20)/t15-/m1/s1. The second-order valence-corrected chi connectivity index (χ2v) is 5.40. The molecule has 0 aliphatic carbocycles. The zero-order chi connectivity index (χ0) is 15.8. The zero-order valence-corrected chi connectivity index (χ0v) is 13.3. The molecule has 0 aromatic heterocycles. The van der Waals surface area contributed by atoms with Gasteiger partial charge in [-0.05, 0) is 32.0 Å². The fraction of sp³-hybridized carbons (Fsp3) is 0.471. The maximum atomic E-state index is 5.90. The van der Waals surface area contributed by atoms with E-state index in [-0.39, 0.29) is 6.04 Å². The molecular formula is C17H26N4O. The second-order valence-electron chi connectivity index (χ2n) is 5.40. The quantitative estimate of drug-likeness (QED) is 0.459. The largest absolute Gasteiger partial charge is 0.496 e. The molecule has 1 aliphatic heterocycles. The number of methoxy groups -OCH3 is 1. The van der Waals surface area contributed by atoms with Gasteiger partial charge in [0.2, 0.25) is 0 Å². The van der Waals surface area contributed by atoms with Gasteiger partial charge in [0.15, 0.2) is 5.96 Å². The maximum Gasteiger partial charge on any atom is 0.188 e. The molecule has 1 heterocycles. The van der Waals surface area contributed by atoms with Gasteiger partial charge in [-0.3, -0.25) is 9.89 Å². The summed E-state index contributed by atoms with van der Waals surface area (Å²) in [5.74, 6) is 1.37. The number of nitrogens with one attached hydrogen (secondary N) is 1. The van der Waals surface area contributed by atoms with Crippen LogP contribution in [0.1, 0.15) is 24.4 Å². The van der Waals surface area contributed by atoms with Crippen LogP contribution in [-0.2, 0) is 0 Å². The van der Waals surface area contributed by atoms with E-state index in [1.54, 1.807) is 13.2 Å². The molecule has 1 aromatic rings. The summed E-state index contributed by atoms with van der Waals surface area (Å²) >= 11 is 0. The molecule has 0 bridgehead atoms. The number of aliphatic imine (C=N–C) groups is 1. The highest BCUT2D eigenvalue weighted by Crippen LogP contribution is 2.31. The average molecular weight is 302 g/mol. The van der Waals surface area contributed by atoms with Crippen LogP contribution >= 0.6 is 0 Å². The van der Waals surface area contributed by atoms with Crippen molar-refractivity contribution in [1.82, 2.24) is 10.2 Å². The summed E-state index contributed by atoms with van der Waals surface area (Å²) < 4.78 is 5.52. The zero-order valence-electron chi connectivity index (χ0n) is 13.3. The molecule has 2 rings (SSSR count). The first-order chi connectivity index (χ1) is 10.8. The monoisotopic (exact) mass is 302 g/mol. The number of nitrogens with two attached hydrogens (primary N) is 1. The van der Waals surface area contributed by atoms with E-state index in [1.165, 1.54) is 18.4 Å².